The molecule has 0 saturated heterocycles. The van der Waals surface area contributed by atoms with Gasteiger partial charge in [0.2, 0.25) is 0 Å². The topological polar surface area (TPSA) is 38.9 Å². The summed E-state index contributed by atoms with van der Waals surface area (Å²) in [6.45, 7) is 8.36. The smallest absolute Gasteiger partial charge is 0.113 e. The van der Waals surface area contributed by atoms with E-state index in [2.05, 4.69) is 44.4 Å². The summed E-state index contributed by atoms with van der Waals surface area (Å²) in [5.74, 6) is 0. The van der Waals surface area contributed by atoms with E-state index in [-0.39, 0.29) is 5.54 Å². The minimum atomic E-state index is -0.318. The molecule has 1 unspecified atom stereocenters. The average molecular weight is 260 g/mol. The van der Waals surface area contributed by atoms with E-state index in [9.17, 15) is 0 Å². The molecule has 0 fully saturated rings. The molecule has 96 valence electrons. The molecule has 0 aliphatic carbocycles. The van der Waals surface area contributed by atoms with Gasteiger partial charge in [0, 0.05) is 10.9 Å². The van der Waals surface area contributed by atoms with Gasteiger partial charge in [-0.05, 0) is 39.3 Å². The number of thiazole rings is 1. The highest BCUT2D eigenvalue weighted by Gasteiger charge is 2.22. The summed E-state index contributed by atoms with van der Waals surface area (Å²) in [5, 5.41) is 3.11. The molecular formula is C15H20N2S. The Morgan fingerprint density at radius 2 is 1.83 bits per heavy atom. The SMILES string of the molecule is CCC(C)(N)c1nc(-c2cc(C)cc(C)c2)cs1. The maximum Gasteiger partial charge on any atom is 0.113 e. The first-order valence-corrected chi connectivity index (χ1v) is 7.14. The number of nitrogens with zero attached hydrogens (tertiary/aromatic N) is 1. The van der Waals surface area contributed by atoms with Gasteiger partial charge in [-0.3, -0.25) is 0 Å². The number of nitrogens with two attached hydrogens (primary N) is 1. The predicted octanol–water partition coefficient (Wildman–Crippen LogP) is 4.01. The van der Waals surface area contributed by atoms with Crippen molar-refractivity contribution in [2.45, 2.75) is 39.7 Å². The normalized spacial score (nSPS) is 14.5. The minimum Gasteiger partial charge on any atom is -0.320 e. The van der Waals surface area contributed by atoms with Gasteiger partial charge >= 0.3 is 0 Å². The van der Waals surface area contributed by atoms with E-state index < -0.39 is 0 Å². The predicted molar refractivity (Wildman–Crippen MR) is 78.9 cm³/mol. The number of rotatable bonds is 3. The Balaban J connectivity index is 2.41. The molecule has 2 N–H and O–H groups in total. The van der Waals surface area contributed by atoms with Crippen LogP contribution < -0.4 is 5.73 Å². The third-order valence-corrected chi connectivity index (χ3v) is 4.37. The van der Waals surface area contributed by atoms with E-state index in [4.69, 9.17) is 10.7 Å². The van der Waals surface area contributed by atoms with Gasteiger partial charge in [-0.25, -0.2) is 4.98 Å². The van der Waals surface area contributed by atoms with E-state index in [1.165, 1.54) is 16.7 Å². The third-order valence-electron chi connectivity index (χ3n) is 3.24. The summed E-state index contributed by atoms with van der Waals surface area (Å²) < 4.78 is 0. The van der Waals surface area contributed by atoms with Crippen LogP contribution in [0.25, 0.3) is 11.3 Å². The first-order chi connectivity index (χ1) is 8.42. The zero-order valence-corrected chi connectivity index (χ0v) is 12.3. The van der Waals surface area contributed by atoms with Gasteiger partial charge < -0.3 is 5.73 Å². The lowest BCUT2D eigenvalue weighted by atomic mass is 10.0. The Morgan fingerprint density at radius 3 is 2.39 bits per heavy atom. The Kier molecular flexibility index (Phi) is 3.55. The first-order valence-electron chi connectivity index (χ1n) is 6.26. The van der Waals surface area contributed by atoms with E-state index in [1.807, 2.05) is 6.92 Å². The lowest BCUT2D eigenvalue weighted by Gasteiger charge is -2.18. The molecule has 2 rings (SSSR count). The van der Waals surface area contributed by atoms with Crippen LogP contribution in [0.1, 0.15) is 36.4 Å². The van der Waals surface area contributed by atoms with Crippen LogP contribution in [0, 0.1) is 13.8 Å². The molecule has 18 heavy (non-hydrogen) atoms. The second kappa shape index (κ2) is 4.82. The lowest BCUT2D eigenvalue weighted by molar-refractivity contribution is 0.474. The molecular weight excluding hydrogens is 240 g/mol. The monoisotopic (exact) mass is 260 g/mol. The molecule has 1 heterocycles. The standard InChI is InChI=1S/C15H20N2S/c1-5-15(4,16)14-17-13(9-18-14)12-7-10(2)6-11(3)8-12/h6-9H,5,16H2,1-4H3. The van der Waals surface area contributed by atoms with Crippen molar-refractivity contribution in [3.05, 3.63) is 39.7 Å². The summed E-state index contributed by atoms with van der Waals surface area (Å²) in [6, 6.07) is 6.52. The first kappa shape index (κ1) is 13.2. The molecule has 2 aromatic rings. The molecule has 0 amide bonds. The lowest BCUT2D eigenvalue weighted by Crippen LogP contribution is -2.31. The van der Waals surface area contributed by atoms with Gasteiger partial charge in [-0.2, -0.15) is 0 Å². The molecule has 0 aliphatic heterocycles. The van der Waals surface area contributed by atoms with Crippen LogP contribution in [0.15, 0.2) is 23.6 Å². The van der Waals surface area contributed by atoms with Crippen molar-refractivity contribution < 1.29 is 0 Å². The van der Waals surface area contributed by atoms with Gasteiger partial charge in [0.15, 0.2) is 0 Å². The van der Waals surface area contributed by atoms with Gasteiger partial charge in [0.25, 0.3) is 0 Å². The summed E-state index contributed by atoms with van der Waals surface area (Å²) in [7, 11) is 0. The van der Waals surface area contributed by atoms with Crippen molar-refractivity contribution in [1.29, 1.82) is 0 Å². The zero-order chi connectivity index (χ0) is 13.3. The van der Waals surface area contributed by atoms with Crippen molar-refractivity contribution >= 4 is 11.3 Å². The van der Waals surface area contributed by atoms with Crippen molar-refractivity contribution in [3.8, 4) is 11.3 Å². The number of hydrogen-bond donors (Lipinski definition) is 1. The zero-order valence-electron chi connectivity index (χ0n) is 11.4. The average Bonchev–Trinajstić information content (AvgIpc) is 2.77. The Bertz CT molecular complexity index is 535. The molecule has 0 saturated carbocycles. The van der Waals surface area contributed by atoms with Crippen LogP contribution in [-0.4, -0.2) is 4.98 Å². The minimum absolute atomic E-state index is 0.318. The summed E-state index contributed by atoms with van der Waals surface area (Å²) in [5.41, 5.74) is 10.7. The summed E-state index contributed by atoms with van der Waals surface area (Å²) in [6.07, 6.45) is 0.896. The van der Waals surface area contributed by atoms with Gasteiger partial charge in [0.1, 0.15) is 5.01 Å². The highest BCUT2D eigenvalue weighted by atomic mass is 32.1. The molecule has 0 spiro atoms. The molecule has 1 aromatic heterocycles. The molecule has 3 heteroatoms. The Hall–Kier alpha value is -1.19. The molecule has 0 radical (unpaired) electrons. The van der Waals surface area contributed by atoms with Crippen LogP contribution in [0.3, 0.4) is 0 Å². The van der Waals surface area contributed by atoms with E-state index in [0.29, 0.717) is 0 Å². The molecule has 2 nitrogen and oxygen atoms in total. The molecule has 0 bridgehead atoms. The van der Waals surface area contributed by atoms with Gasteiger partial charge in [-0.15, -0.1) is 11.3 Å². The maximum absolute atomic E-state index is 6.24. The fraction of sp³-hybridized carbons (Fsp3) is 0.400. The number of hydrogen-bond acceptors (Lipinski definition) is 3. The third kappa shape index (κ3) is 2.62. The molecule has 1 aromatic carbocycles. The van der Waals surface area contributed by atoms with E-state index in [0.717, 1.165) is 17.1 Å². The van der Waals surface area contributed by atoms with Crippen molar-refractivity contribution in [1.82, 2.24) is 4.98 Å². The van der Waals surface area contributed by atoms with E-state index >= 15 is 0 Å². The second-order valence-electron chi connectivity index (χ2n) is 5.19. The second-order valence-corrected chi connectivity index (χ2v) is 6.04. The quantitative estimate of drug-likeness (QED) is 0.905. The van der Waals surface area contributed by atoms with Crippen LogP contribution in [-0.2, 0) is 5.54 Å². The highest BCUT2D eigenvalue weighted by Crippen LogP contribution is 2.30. The Morgan fingerprint density at radius 1 is 1.22 bits per heavy atom. The summed E-state index contributed by atoms with van der Waals surface area (Å²) in [4.78, 5) is 4.70. The fourth-order valence-corrected chi connectivity index (χ4v) is 2.92. The van der Waals surface area contributed by atoms with Gasteiger partial charge in [0.05, 0.1) is 11.2 Å². The van der Waals surface area contributed by atoms with Crippen LogP contribution in [0.5, 0.6) is 0 Å². The van der Waals surface area contributed by atoms with Crippen LogP contribution >= 0.6 is 11.3 Å². The van der Waals surface area contributed by atoms with Crippen LogP contribution in [0.2, 0.25) is 0 Å². The molecule has 0 aliphatic rings. The van der Waals surface area contributed by atoms with Crippen molar-refractivity contribution in [3.63, 3.8) is 0 Å². The summed E-state index contributed by atoms with van der Waals surface area (Å²) >= 11 is 1.65. The van der Waals surface area contributed by atoms with Crippen molar-refractivity contribution in [2.75, 3.05) is 0 Å². The Labute approximate surface area is 113 Å². The number of benzene rings is 1. The molecule has 1 atom stereocenters. The van der Waals surface area contributed by atoms with E-state index in [1.54, 1.807) is 11.3 Å². The highest BCUT2D eigenvalue weighted by molar-refractivity contribution is 7.10. The fourth-order valence-electron chi connectivity index (χ4n) is 1.94. The van der Waals surface area contributed by atoms with Crippen LogP contribution in [0.4, 0.5) is 0 Å². The van der Waals surface area contributed by atoms with Gasteiger partial charge in [-0.1, -0.05) is 24.1 Å². The van der Waals surface area contributed by atoms with Crippen molar-refractivity contribution in [2.24, 2.45) is 5.73 Å². The number of aromatic nitrogens is 1. The maximum atomic E-state index is 6.24. The largest absolute Gasteiger partial charge is 0.320 e. The number of aryl methyl sites for hydroxylation is 2.